The van der Waals surface area contributed by atoms with E-state index in [1.165, 1.54) is 32.3 Å². The van der Waals surface area contributed by atoms with Crippen LogP contribution in [0.1, 0.15) is 0 Å². The number of hydrogen-bond donors (Lipinski definition) is 0. The molecular formula is C47H27N3O. The lowest BCUT2D eigenvalue weighted by Gasteiger charge is -2.14. The van der Waals surface area contributed by atoms with Crippen LogP contribution in [0, 0.1) is 0 Å². The first-order valence-corrected chi connectivity index (χ1v) is 17.2. The van der Waals surface area contributed by atoms with Gasteiger partial charge in [0.25, 0.3) is 0 Å². The van der Waals surface area contributed by atoms with Crippen molar-refractivity contribution < 1.29 is 4.42 Å². The highest BCUT2D eigenvalue weighted by Gasteiger charge is 2.21. The molecule has 0 radical (unpaired) electrons. The fourth-order valence-corrected chi connectivity index (χ4v) is 7.93. The first-order valence-electron chi connectivity index (χ1n) is 17.2. The van der Waals surface area contributed by atoms with Crippen molar-refractivity contribution in [3.8, 4) is 45.3 Å². The summed E-state index contributed by atoms with van der Waals surface area (Å²) in [6.07, 6.45) is 0. The molecule has 11 aromatic rings. The molecule has 0 fully saturated rings. The summed E-state index contributed by atoms with van der Waals surface area (Å²) in [6.45, 7) is 0. The van der Waals surface area contributed by atoms with Crippen LogP contribution >= 0.6 is 0 Å². The lowest BCUT2D eigenvalue weighted by molar-refractivity contribution is 0.673. The lowest BCUT2D eigenvalue weighted by Crippen LogP contribution is -2.00. The van der Waals surface area contributed by atoms with Gasteiger partial charge in [-0.3, -0.25) is 0 Å². The van der Waals surface area contributed by atoms with E-state index in [4.69, 9.17) is 19.4 Å². The molecule has 0 spiro atoms. The van der Waals surface area contributed by atoms with Gasteiger partial charge < -0.3 is 4.42 Å². The molecular weight excluding hydrogens is 623 g/mol. The van der Waals surface area contributed by atoms with Gasteiger partial charge >= 0.3 is 0 Å². The molecule has 236 valence electrons. The molecule has 0 saturated heterocycles. The predicted octanol–water partition coefficient (Wildman–Crippen LogP) is 12.5. The van der Waals surface area contributed by atoms with E-state index in [0.29, 0.717) is 17.5 Å². The number of aromatic nitrogens is 3. The third-order valence-corrected chi connectivity index (χ3v) is 10.3. The van der Waals surface area contributed by atoms with Crippen molar-refractivity contribution >= 4 is 65.0 Å². The largest absolute Gasteiger partial charge is 0.455 e. The average molecular weight is 650 g/mol. The fourth-order valence-electron chi connectivity index (χ4n) is 7.93. The maximum Gasteiger partial charge on any atom is 0.164 e. The Morgan fingerprint density at radius 1 is 0.333 bits per heavy atom. The van der Waals surface area contributed by atoms with Gasteiger partial charge in [-0.1, -0.05) is 140 Å². The standard InChI is InChI=1S/C47H27N3O/c1-3-12-28(13-4-1)45-48-46(29-14-5-2-6-15-29)50-47(49-45)38-25-24-32(33-16-7-9-18-35(33)38)30-22-23-31-27-40-36-19-10-8-17-34(36)37-20-11-21-41-42(37)43(40)44(51-41)39(31)26-30/h1-27H. The Balaban J connectivity index is 1.13. The molecule has 9 aromatic carbocycles. The normalized spacial score (nSPS) is 11.9. The molecule has 0 atom stereocenters. The van der Waals surface area contributed by atoms with E-state index >= 15 is 0 Å². The van der Waals surface area contributed by atoms with Crippen LogP contribution in [0.4, 0.5) is 0 Å². The van der Waals surface area contributed by atoms with Crippen molar-refractivity contribution in [2.45, 2.75) is 0 Å². The second-order valence-corrected chi connectivity index (χ2v) is 13.1. The van der Waals surface area contributed by atoms with E-state index in [2.05, 4.69) is 103 Å². The minimum absolute atomic E-state index is 0.644. The van der Waals surface area contributed by atoms with Gasteiger partial charge in [-0.05, 0) is 73.1 Å². The van der Waals surface area contributed by atoms with Crippen LogP contribution in [0.3, 0.4) is 0 Å². The molecule has 2 heterocycles. The number of fused-ring (bicyclic) bond motifs is 6. The van der Waals surface area contributed by atoms with Crippen LogP contribution < -0.4 is 0 Å². The van der Waals surface area contributed by atoms with E-state index in [9.17, 15) is 0 Å². The number of rotatable bonds is 4. The molecule has 2 aromatic heterocycles. The van der Waals surface area contributed by atoms with Crippen LogP contribution in [0.25, 0.3) is 110 Å². The average Bonchev–Trinajstić information content (AvgIpc) is 3.61. The van der Waals surface area contributed by atoms with Gasteiger partial charge in [-0.15, -0.1) is 0 Å². The van der Waals surface area contributed by atoms with Crippen LogP contribution in [-0.2, 0) is 0 Å². The van der Waals surface area contributed by atoms with Crippen molar-refractivity contribution in [3.63, 3.8) is 0 Å². The number of nitrogens with zero attached hydrogens (tertiary/aromatic N) is 3. The first-order chi connectivity index (χ1) is 25.3. The summed E-state index contributed by atoms with van der Waals surface area (Å²) in [6, 6.07) is 57.3. The van der Waals surface area contributed by atoms with Crippen LogP contribution in [0.15, 0.2) is 168 Å². The molecule has 0 aliphatic rings. The van der Waals surface area contributed by atoms with Gasteiger partial charge in [0.1, 0.15) is 11.2 Å². The quantitative estimate of drug-likeness (QED) is 0.141. The summed E-state index contributed by atoms with van der Waals surface area (Å²) in [5, 5.41) is 11.8. The molecule has 51 heavy (non-hydrogen) atoms. The highest BCUT2D eigenvalue weighted by Crippen LogP contribution is 2.46. The lowest BCUT2D eigenvalue weighted by atomic mass is 9.90. The molecule has 4 nitrogen and oxygen atoms in total. The fraction of sp³-hybridized carbons (Fsp3) is 0. The Morgan fingerprint density at radius 2 is 0.902 bits per heavy atom. The molecule has 0 N–H and O–H groups in total. The van der Waals surface area contributed by atoms with Crippen LogP contribution in [0.2, 0.25) is 0 Å². The van der Waals surface area contributed by atoms with Gasteiger partial charge in [0.2, 0.25) is 0 Å². The van der Waals surface area contributed by atoms with E-state index in [0.717, 1.165) is 60.5 Å². The molecule has 0 aliphatic carbocycles. The minimum Gasteiger partial charge on any atom is -0.455 e. The maximum atomic E-state index is 6.73. The van der Waals surface area contributed by atoms with E-state index in [-0.39, 0.29) is 0 Å². The van der Waals surface area contributed by atoms with Gasteiger partial charge in [0, 0.05) is 32.8 Å². The third-order valence-electron chi connectivity index (χ3n) is 10.3. The van der Waals surface area contributed by atoms with Crippen molar-refractivity contribution in [1.82, 2.24) is 15.0 Å². The zero-order valence-corrected chi connectivity index (χ0v) is 27.3. The Morgan fingerprint density at radius 3 is 1.61 bits per heavy atom. The minimum atomic E-state index is 0.644. The Hall–Kier alpha value is -6.91. The molecule has 0 saturated carbocycles. The topological polar surface area (TPSA) is 51.8 Å². The summed E-state index contributed by atoms with van der Waals surface area (Å²) in [5.74, 6) is 1.94. The predicted molar refractivity (Wildman–Crippen MR) is 210 cm³/mol. The van der Waals surface area contributed by atoms with Gasteiger partial charge in [-0.25, -0.2) is 15.0 Å². The van der Waals surface area contributed by atoms with Gasteiger partial charge in [0.05, 0.1) is 0 Å². The molecule has 4 heteroatoms. The molecule has 0 unspecified atom stereocenters. The Labute approximate surface area is 292 Å². The second kappa shape index (κ2) is 10.8. The Kier molecular flexibility index (Phi) is 5.92. The SMILES string of the molecule is c1ccc(-c2nc(-c3ccccc3)nc(-c3ccc(-c4ccc5cc6c7ccccc7c7cccc8oc(c5c4)c6c87)c4ccccc34)n2)cc1. The number of furan rings is 1. The van der Waals surface area contributed by atoms with Gasteiger partial charge in [0.15, 0.2) is 17.5 Å². The zero-order valence-electron chi connectivity index (χ0n) is 27.3. The molecule has 0 bridgehead atoms. The summed E-state index contributed by atoms with van der Waals surface area (Å²) in [5.41, 5.74) is 7.00. The van der Waals surface area contributed by atoms with Crippen molar-refractivity contribution in [1.29, 1.82) is 0 Å². The number of benzene rings is 9. The van der Waals surface area contributed by atoms with Crippen molar-refractivity contribution in [2.75, 3.05) is 0 Å². The zero-order chi connectivity index (χ0) is 33.5. The third kappa shape index (κ3) is 4.23. The summed E-state index contributed by atoms with van der Waals surface area (Å²) < 4.78 is 6.73. The van der Waals surface area contributed by atoms with E-state index in [1.54, 1.807) is 0 Å². The van der Waals surface area contributed by atoms with Crippen molar-refractivity contribution in [2.24, 2.45) is 0 Å². The Bertz CT molecular complexity index is 3070. The molecule has 0 amide bonds. The van der Waals surface area contributed by atoms with E-state index in [1.807, 2.05) is 60.7 Å². The van der Waals surface area contributed by atoms with Crippen molar-refractivity contribution in [3.05, 3.63) is 164 Å². The second-order valence-electron chi connectivity index (χ2n) is 13.1. The molecule has 11 rings (SSSR count). The maximum absolute atomic E-state index is 6.73. The highest BCUT2D eigenvalue weighted by atomic mass is 16.3. The van der Waals surface area contributed by atoms with Crippen LogP contribution in [-0.4, -0.2) is 15.0 Å². The van der Waals surface area contributed by atoms with Crippen LogP contribution in [0.5, 0.6) is 0 Å². The summed E-state index contributed by atoms with van der Waals surface area (Å²) in [7, 11) is 0. The first kappa shape index (κ1) is 28.0. The van der Waals surface area contributed by atoms with Gasteiger partial charge in [-0.2, -0.15) is 0 Å². The monoisotopic (exact) mass is 649 g/mol. The van der Waals surface area contributed by atoms with E-state index < -0.39 is 0 Å². The number of hydrogen-bond acceptors (Lipinski definition) is 4. The smallest absolute Gasteiger partial charge is 0.164 e. The summed E-state index contributed by atoms with van der Waals surface area (Å²) >= 11 is 0. The molecule has 0 aliphatic heterocycles. The highest BCUT2D eigenvalue weighted by molar-refractivity contribution is 6.36. The summed E-state index contributed by atoms with van der Waals surface area (Å²) in [4.78, 5) is 15.0.